The van der Waals surface area contributed by atoms with Crippen LogP contribution in [0.1, 0.15) is 49.6 Å². The molecule has 2 bridgehead atoms. The summed E-state index contributed by atoms with van der Waals surface area (Å²) >= 11 is 0. The Bertz CT molecular complexity index is 1150. The van der Waals surface area contributed by atoms with Gasteiger partial charge in [0.15, 0.2) is 0 Å². The summed E-state index contributed by atoms with van der Waals surface area (Å²) in [6, 6.07) is 7.68. The molecule has 3 aliphatic carbocycles. The van der Waals surface area contributed by atoms with Gasteiger partial charge in [0.05, 0.1) is 34.7 Å². The van der Waals surface area contributed by atoms with Crippen molar-refractivity contribution in [3.05, 3.63) is 65.1 Å². The van der Waals surface area contributed by atoms with Gasteiger partial charge in [-0.25, -0.2) is 13.8 Å². The predicted molar refractivity (Wildman–Crippen MR) is 113 cm³/mol. The first-order valence-corrected chi connectivity index (χ1v) is 10.9. The molecule has 0 saturated heterocycles. The number of fused-ring (bicyclic) bond motifs is 2. The summed E-state index contributed by atoms with van der Waals surface area (Å²) in [7, 11) is 0. The van der Waals surface area contributed by atoms with E-state index in [2.05, 4.69) is 34.0 Å². The molecule has 1 unspecified atom stereocenters. The van der Waals surface area contributed by atoms with E-state index in [9.17, 15) is 8.78 Å². The Morgan fingerprint density at radius 1 is 1.16 bits per heavy atom. The lowest BCUT2D eigenvalue weighted by molar-refractivity contribution is 0.111. The van der Waals surface area contributed by atoms with Gasteiger partial charge in [-0.3, -0.25) is 0 Å². The molecule has 3 aromatic rings. The number of benzene rings is 1. The topological polar surface area (TPSA) is 81.0 Å². The maximum atomic E-state index is 14.4. The molecule has 6 rings (SSSR count). The highest BCUT2D eigenvalue weighted by Crippen LogP contribution is 2.60. The minimum Gasteiger partial charge on any atom is -0.461 e. The third-order valence-corrected chi connectivity index (χ3v) is 7.33. The van der Waals surface area contributed by atoms with Crippen molar-refractivity contribution in [2.75, 3.05) is 13.2 Å². The molecule has 8 heteroatoms. The molecule has 1 saturated carbocycles. The zero-order valence-corrected chi connectivity index (χ0v) is 17.9. The zero-order valence-electron chi connectivity index (χ0n) is 17.9. The van der Waals surface area contributed by atoms with Gasteiger partial charge in [-0.15, -0.1) is 5.10 Å². The van der Waals surface area contributed by atoms with Crippen molar-refractivity contribution >= 4 is 0 Å². The van der Waals surface area contributed by atoms with Gasteiger partial charge in [-0.2, -0.15) is 10.1 Å². The minimum atomic E-state index is -0.655. The van der Waals surface area contributed by atoms with Crippen LogP contribution in [0.25, 0.3) is 11.3 Å². The van der Waals surface area contributed by atoms with Crippen LogP contribution in [0.15, 0.2) is 36.5 Å². The highest BCUT2D eigenvalue weighted by Gasteiger charge is 2.56. The van der Waals surface area contributed by atoms with Crippen LogP contribution in [0.2, 0.25) is 0 Å². The fraction of sp³-hybridized carbons (Fsp3) is 0.417. The first-order chi connectivity index (χ1) is 15.5. The van der Waals surface area contributed by atoms with Crippen LogP contribution < -0.4 is 4.74 Å². The van der Waals surface area contributed by atoms with E-state index in [4.69, 9.17) is 9.84 Å². The number of ether oxygens (including phenoxy) is 1. The molecule has 3 aliphatic rings. The Labute approximate surface area is 184 Å². The Balaban J connectivity index is 1.67. The molecular weight excluding hydrogens is 414 g/mol. The normalized spacial score (nSPS) is 26.1. The van der Waals surface area contributed by atoms with Crippen LogP contribution in [0.5, 0.6) is 6.01 Å². The van der Waals surface area contributed by atoms with E-state index in [0.29, 0.717) is 5.92 Å². The Morgan fingerprint density at radius 3 is 2.69 bits per heavy atom. The van der Waals surface area contributed by atoms with Gasteiger partial charge in [0, 0.05) is 6.20 Å². The van der Waals surface area contributed by atoms with Crippen LogP contribution in [-0.2, 0) is 5.41 Å². The fourth-order valence-corrected chi connectivity index (χ4v) is 5.62. The fourth-order valence-electron chi connectivity index (χ4n) is 5.62. The number of halogens is 2. The van der Waals surface area contributed by atoms with Crippen molar-refractivity contribution < 1.29 is 18.6 Å². The van der Waals surface area contributed by atoms with Crippen molar-refractivity contribution in [2.45, 2.75) is 38.0 Å². The van der Waals surface area contributed by atoms with E-state index in [1.54, 1.807) is 12.3 Å². The number of aromatic nitrogens is 4. The summed E-state index contributed by atoms with van der Waals surface area (Å²) in [4.78, 5) is 8.82. The third-order valence-electron chi connectivity index (χ3n) is 7.33. The second-order valence-corrected chi connectivity index (χ2v) is 8.69. The smallest absolute Gasteiger partial charge is 0.316 e. The van der Waals surface area contributed by atoms with E-state index >= 15 is 0 Å². The van der Waals surface area contributed by atoms with Gasteiger partial charge < -0.3 is 9.84 Å². The number of aliphatic hydroxyl groups excluding tert-OH is 1. The lowest BCUT2D eigenvalue weighted by Gasteiger charge is -2.54. The monoisotopic (exact) mass is 438 g/mol. The maximum Gasteiger partial charge on any atom is 0.316 e. The van der Waals surface area contributed by atoms with Gasteiger partial charge >= 0.3 is 6.01 Å². The first kappa shape index (κ1) is 20.9. The second-order valence-electron chi connectivity index (χ2n) is 8.69. The molecule has 0 radical (unpaired) electrons. The summed E-state index contributed by atoms with van der Waals surface area (Å²) in [5, 5.41) is 17.9. The Morgan fingerprint density at radius 2 is 1.94 bits per heavy atom. The average Bonchev–Trinajstić information content (AvgIpc) is 2.80. The van der Waals surface area contributed by atoms with Crippen LogP contribution >= 0.6 is 0 Å². The predicted octanol–water partition coefficient (Wildman–Crippen LogP) is 4.03. The quantitative estimate of drug-likeness (QED) is 0.648. The molecule has 2 aromatic heterocycles. The van der Waals surface area contributed by atoms with Gasteiger partial charge in [-0.05, 0) is 60.4 Å². The van der Waals surface area contributed by atoms with Crippen molar-refractivity contribution in [3.63, 3.8) is 0 Å². The standard InChI is InChI=1S/C24H24F2N4O2/c1-13-14(2)24(20-7-9-27-23(28-20)32-11-10-31)8-6-15(13)16-12-19(29-30-22(16)24)21-17(25)4-3-5-18(21)26/h3-5,7,9,12-15,31H,6,8,10-11H2,1-2H3/t13?,14-,15-,24+/m1/s1. The average molecular weight is 438 g/mol. The van der Waals surface area contributed by atoms with E-state index in [0.717, 1.165) is 29.8 Å². The zero-order chi connectivity index (χ0) is 22.5. The van der Waals surface area contributed by atoms with Crippen LogP contribution in [0.4, 0.5) is 8.78 Å². The van der Waals surface area contributed by atoms with Crippen molar-refractivity contribution in [1.82, 2.24) is 20.2 Å². The van der Waals surface area contributed by atoms with Crippen LogP contribution in [-0.4, -0.2) is 38.5 Å². The number of aliphatic hydroxyl groups is 1. The highest BCUT2D eigenvalue weighted by atomic mass is 19.1. The molecule has 0 amide bonds. The molecule has 32 heavy (non-hydrogen) atoms. The summed E-state index contributed by atoms with van der Waals surface area (Å²) < 4.78 is 34.3. The van der Waals surface area contributed by atoms with E-state index < -0.39 is 17.0 Å². The first-order valence-electron chi connectivity index (χ1n) is 10.9. The van der Waals surface area contributed by atoms with E-state index in [1.165, 1.54) is 18.2 Å². The second kappa shape index (κ2) is 7.85. The number of hydrogen-bond donors (Lipinski definition) is 1. The Kier molecular flexibility index (Phi) is 5.12. The van der Waals surface area contributed by atoms with Gasteiger partial charge in [0.25, 0.3) is 0 Å². The molecule has 1 fully saturated rings. The molecule has 0 spiro atoms. The molecule has 1 aromatic carbocycles. The number of nitrogens with zero attached hydrogens (tertiary/aromatic N) is 4. The van der Waals surface area contributed by atoms with Crippen LogP contribution in [0, 0.1) is 23.5 Å². The van der Waals surface area contributed by atoms with Crippen molar-refractivity contribution in [3.8, 4) is 17.3 Å². The molecule has 166 valence electrons. The van der Waals surface area contributed by atoms with Gasteiger partial charge in [0.2, 0.25) is 0 Å². The molecule has 0 aliphatic heterocycles. The summed E-state index contributed by atoms with van der Waals surface area (Å²) in [5.41, 5.74) is 2.14. The molecular formula is C24H24F2N4O2. The number of hydrogen-bond acceptors (Lipinski definition) is 6. The lowest BCUT2D eigenvalue weighted by Crippen LogP contribution is -2.51. The van der Waals surface area contributed by atoms with Gasteiger partial charge in [-0.1, -0.05) is 19.9 Å². The molecule has 1 N–H and O–H groups in total. The van der Waals surface area contributed by atoms with E-state index in [1.807, 2.05) is 6.07 Å². The summed E-state index contributed by atoms with van der Waals surface area (Å²) in [6.07, 6.45) is 3.41. The maximum absolute atomic E-state index is 14.4. The SMILES string of the molecule is CC1[C@@H](C)[C@]2(c3ccnc(OCCO)n3)CC[C@H]1c1cc(-c3c(F)cccc3F)nnc12. The third kappa shape index (κ3) is 3.00. The number of rotatable bonds is 5. The Hall–Kier alpha value is -3.00. The molecule has 4 atom stereocenters. The van der Waals surface area contributed by atoms with Gasteiger partial charge in [0.1, 0.15) is 18.2 Å². The van der Waals surface area contributed by atoms with E-state index in [-0.39, 0.29) is 42.3 Å². The van der Waals surface area contributed by atoms with Crippen molar-refractivity contribution in [1.29, 1.82) is 0 Å². The summed E-state index contributed by atoms with van der Waals surface area (Å²) in [6.45, 7) is 4.39. The molecule has 2 heterocycles. The minimum absolute atomic E-state index is 0.110. The largest absolute Gasteiger partial charge is 0.461 e. The summed E-state index contributed by atoms with van der Waals surface area (Å²) in [5.74, 6) is -0.538. The van der Waals surface area contributed by atoms with Crippen molar-refractivity contribution in [2.24, 2.45) is 11.8 Å². The van der Waals surface area contributed by atoms with Crippen LogP contribution in [0.3, 0.4) is 0 Å². The highest BCUT2D eigenvalue weighted by molar-refractivity contribution is 5.62. The molecule has 6 nitrogen and oxygen atoms in total. The lowest BCUT2D eigenvalue weighted by atomic mass is 9.50.